The first kappa shape index (κ1) is 28.8. The molecule has 1 aromatic carbocycles. The molecule has 3 atom stereocenters. The molecule has 0 aliphatic carbocycles. The number of nitrogens with one attached hydrogen (secondary N) is 4. The highest BCUT2D eigenvalue weighted by Crippen LogP contribution is 2.11. The van der Waals surface area contributed by atoms with E-state index in [2.05, 4.69) is 21.3 Å². The van der Waals surface area contributed by atoms with Crippen molar-refractivity contribution in [1.82, 2.24) is 21.3 Å². The van der Waals surface area contributed by atoms with Crippen LogP contribution in [0.1, 0.15) is 12.0 Å². The van der Waals surface area contributed by atoms with E-state index in [0.717, 1.165) is 0 Å². The molecule has 0 radical (unpaired) electrons. The van der Waals surface area contributed by atoms with Crippen LogP contribution in [0.25, 0.3) is 0 Å². The van der Waals surface area contributed by atoms with Crippen LogP contribution in [-0.2, 0) is 35.2 Å². The van der Waals surface area contributed by atoms with Crippen LogP contribution in [0.4, 0.5) is 0 Å². The van der Waals surface area contributed by atoms with E-state index in [4.69, 9.17) is 11.5 Å². The average molecular weight is 496 g/mol. The monoisotopic (exact) mass is 496 g/mol. The summed E-state index contributed by atoms with van der Waals surface area (Å²) in [6.07, 6.45) is -0.885. The van der Waals surface area contributed by atoms with Crippen LogP contribution >= 0.6 is 0 Å². The van der Waals surface area contributed by atoms with Crippen LogP contribution in [-0.4, -0.2) is 88.6 Å². The van der Waals surface area contributed by atoms with E-state index in [9.17, 15) is 44.1 Å². The second-order valence-electron chi connectivity index (χ2n) is 7.29. The SMILES string of the molecule is NCC(=O)NCC(=O)NC(CO)C(=O)NC(CC(N)=O)C(=O)NC(Cc1ccc(O)cc1)C(=O)O. The van der Waals surface area contributed by atoms with Crippen LogP contribution < -0.4 is 32.7 Å². The van der Waals surface area contributed by atoms with E-state index in [1.165, 1.54) is 24.3 Å². The van der Waals surface area contributed by atoms with Crippen LogP contribution in [0.5, 0.6) is 5.75 Å². The van der Waals surface area contributed by atoms with Crippen molar-refractivity contribution in [2.45, 2.75) is 31.0 Å². The van der Waals surface area contributed by atoms with Crippen molar-refractivity contribution in [3.05, 3.63) is 29.8 Å². The molecule has 35 heavy (non-hydrogen) atoms. The molecule has 5 amide bonds. The number of aliphatic hydroxyl groups is 1. The number of aromatic hydroxyl groups is 1. The molecule has 0 aromatic heterocycles. The fourth-order valence-corrected chi connectivity index (χ4v) is 2.71. The molecule has 192 valence electrons. The van der Waals surface area contributed by atoms with E-state index in [1.54, 1.807) is 0 Å². The third-order valence-electron chi connectivity index (χ3n) is 4.49. The highest BCUT2D eigenvalue weighted by molar-refractivity contribution is 5.96. The zero-order valence-corrected chi connectivity index (χ0v) is 18.5. The normalized spacial score (nSPS) is 13.0. The summed E-state index contributed by atoms with van der Waals surface area (Å²) in [5.41, 5.74) is 10.7. The second-order valence-corrected chi connectivity index (χ2v) is 7.29. The van der Waals surface area contributed by atoms with Gasteiger partial charge in [0, 0.05) is 6.42 Å². The number of aliphatic carboxylic acids is 1. The minimum Gasteiger partial charge on any atom is -0.508 e. The lowest BCUT2D eigenvalue weighted by Gasteiger charge is -2.23. The lowest BCUT2D eigenvalue weighted by molar-refractivity contribution is -0.142. The van der Waals surface area contributed by atoms with Crippen molar-refractivity contribution in [3.8, 4) is 5.75 Å². The summed E-state index contributed by atoms with van der Waals surface area (Å²) in [6.45, 7) is -1.81. The fourth-order valence-electron chi connectivity index (χ4n) is 2.71. The number of amides is 5. The highest BCUT2D eigenvalue weighted by Gasteiger charge is 2.30. The predicted molar refractivity (Wildman–Crippen MR) is 118 cm³/mol. The molecular formula is C20H28N6O9. The average Bonchev–Trinajstić information content (AvgIpc) is 2.80. The molecule has 0 saturated carbocycles. The van der Waals surface area contributed by atoms with E-state index >= 15 is 0 Å². The molecule has 0 bridgehead atoms. The number of phenols is 1. The van der Waals surface area contributed by atoms with Gasteiger partial charge in [-0.2, -0.15) is 0 Å². The van der Waals surface area contributed by atoms with Gasteiger partial charge in [-0.15, -0.1) is 0 Å². The maximum absolute atomic E-state index is 12.7. The second kappa shape index (κ2) is 14.1. The molecule has 15 nitrogen and oxygen atoms in total. The Bertz CT molecular complexity index is 938. The first-order chi connectivity index (χ1) is 16.5. The standard InChI is InChI=1S/C20H28N6O9/c21-7-16(30)23-8-17(31)24-14(9-27)19(33)25-12(6-15(22)29)18(32)26-13(20(34)35)5-10-1-3-11(28)4-2-10/h1-4,12-14,27-28H,5-9,21H2,(H2,22,29)(H,23,30)(H,24,31)(H,25,33)(H,26,32)(H,34,35). The van der Waals surface area contributed by atoms with Gasteiger partial charge >= 0.3 is 5.97 Å². The Kier molecular flexibility index (Phi) is 11.6. The van der Waals surface area contributed by atoms with Crippen molar-refractivity contribution in [2.24, 2.45) is 11.5 Å². The van der Waals surface area contributed by atoms with Crippen molar-refractivity contribution in [3.63, 3.8) is 0 Å². The first-order valence-corrected chi connectivity index (χ1v) is 10.2. The van der Waals surface area contributed by atoms with Crippen LogP contribution in [0.3, 0.4) is 0 Å². The third kappa shape index (κ3) is 10.5. The van der Waals surface area contributed by atoms with Crippen LogP contribution in [0, 0.1) is 0 Å². The number of hydrogen-bond donors (Lipinski definition) is 9. The summed E-state index contributed by atoms with van der Waals surface area (Å²) in [6, 6.07) is 0.916. The quantitative estimate of drug-likeness (QED) is 0.119. The van der Waals surface area contributed by atoms with E-state index in [-0.39, 0.29) is 18.7 Å². The van der Waals surface area contributed by atoms with Gasteiger partial charge in [-0.25, -0.2) is 4.79 Å². The van der Waals surface area contributed by atoms with Gasteiger partial charge in [0.25, 0.3) is 0 Å². The van der Waals surface area contributed by atoms with Gasteiger partial charge in [0.2, 0.25) is 29.5 Å². The predicted octanol–water partition coefficient (Wildman–Crippen LogP) is -4.58. The number of carboxylic acid groups (broad SMARTS) is 1. The Hall–Kier alpha value is -4.24. The van der Waals surface area contributed by atoms with Gasteiger partial charge in [-0.3, -0.25) is 24.0 Å². The van der Waals surface area contributed by atoms with Crippen LogP contribution in [0.15, 0.2) is 24.3 Å². The fraction of sp³-hybridized carbons (Fsp3) is 0.400. The van der Waals surface area contributed by atoms with Crippen molar-refractivity contribution >= 4 is 35.5 Å². The summed E-state index contributed by atoms with van der Waals surface area (Å²) in [7, 11) is 0. The zero-order chi connectivity index (χ0) is 26.5. The molecule has 0 saturated heterocycles. The molecular weight excluding hydrogens is 468 g/mol. The number of hydrogen-bond acceptors (Lipinski definition) is 9. The summed E-state index contributed by atoms with van der Waals surface area (Å²) >= 11 is 0. The van der Waals surface area contributed by atoms with Crippen molar-refractivity contribution in [2.75, 3.05) is 19.7 Å². The lowest BCUT2D eigenvalue weighted by Crippen LogP contribution is -2.58. The molecule has 0 spiro atoms. The Morgan fingerprint density at radius 2 is 1.43 bits per heavy atom. The molecule has 11 N–H and O–H groups in total. The largest absolute Gasteiger partial charge is 0.508 e. The molecule has 0 fully saturated rings. The minimum atomic E-state index is -1.62. The van der Waals surface area contributed by atoms with E-state index in [1.807, 2.05) is 0 Å². The van der Waals surface area contributed by atoms with Gasteiger partial charge < -0.3 is 48.1 Å². The van der Waals surface area contributed by atoms with Crippen molar-refractivity contribution in [1.29, 1.82) is 0 Å². The Balaban J connectivity index is 2.87. The molecule has 0 heterocycles. The summed E-state index contributed by atoms with van der Waals surface area (Å²) < 4.78 is 0. The number of phenolic OH excluding ortho intramolecular Hbond substituents is 1. The van der Waals surface area contributed by atoms with Gasteiger partial charge in [-0.05, 0) is 17.7 Å². The highest BCUT2D eigenvalue weighted by atomic mass is 16.4. The number of carbonyl (C=O) groups excluding carboxylic acids is 5. The summed E-state index contributed by atoms with van der Waals surface area (Å²) in [5.74, 6) is -6.05. The van der Waals surface area contributed by atoms with Gasteiger partial charge in [0.05, 0.1) is 26.1 Å². The Morgan fingerprint density at radius 1 is 0.857 bits per heavy atom. The summed E-state index contributed by atoms with van der Waals surface area (Å²) in [4.78, 5) is 71.1. The molecule has 15 heteroatoms. The molecule has 1 rings (SSSR count). The van der Waals surface area contributed by atoms with E-state index < -0.39 is 73.2 Å². The number of carboxylic acids is 1. The first-order valence-electron chi connectivity index (χ1n) is 10.2. The maximum atomic E-state index is 12.7. The molecule has 3 unspecified atom stereocenters. The van der Waals surface area contributed by atoms with Gasteiger partial charge in [0.1, 0.15) is 23.9 Å². The Morgan fingerprint density at radius 3 is 1.94 bits per heavy atom. The van der Waals surface area contributed by atoms with Crippen LogP contribution in [0.2, 0.25) is 0 Å². The summed E-state index contributed by atoms with van der Waals surface area (Å²) in [5, 5.41) is 36.8. The van der Waals surface area contributed by atoms with E-state index in [0.29, 0.717) is 5.56 Å². The Labute approximate surface area is 199 Å². The van der Waals surface area contributed by atoms with Crippen molar-refractivity contribution < 1.29 is 44.1 Å². The molecule has 0 aliphatic heterocycles. The third-order valence-corrected chi connectivity index (χ3v) is 4.49. The number of rotatable bonds is 14. The number of aliphatic hydroxyl groups excluding tert-OH is 1. The number of benzene rings is 1. The molecule has 0 aliphatic rings. The maximum Gasteiger partial charge on any atom is 0.326 e. The zero-order valence-electron chi connectivity index (χ0n) is 18.5. The number of carbonyl (C=O) groups is 6. The minimum absolute atomic E-state index is 0.0406. The smallest absolute Gasteiger partial charge is 0.326 e. The van der Waals surface area contributed by atoms with Gasteiger partial charge in [0.15, 0.2) is 0 Å². The van der Waals surface area contributed by atoms with Gasteiger partial charge in [-0.1, -0.05) is 12.1 Å². The topological polar surface area (TPSA) is 263 Å². The molecule has 1 aromatic rings. The lowest BCUT2D eigenvalue weighted by atomic mass is 10.0. The number of nitrogens with two attached hydrogens (primary N) is 2. The number of primary amides is 1.